The van der Waals surface area contributed by atoms with Gasteiger partial charge >= 0.3 is 6.03 Å². The molecule has 0 aromatic heterocycles. The van der Waals surface area contributed by atoms with Crippen LogP contribution in [0.4, 0.5) is 4.79 Å². The number of nitrogens with zero attached hydrogens (tertiary/aromatic N) is 2. The van der Waals surface area contributed by atoms with Crippen molar-refractivity contribution >= 4 is 23.8 Å². The molecule has 0 atom stereocenters. The molecule has 2 heterocycles. The molecule has 0 aliphatic carbocycles. The molecule has 0 aromatic carbocycles. The Kier molecular flexibility index (Phi) is 10.0. The van der Waals surface area contributed by atoms with Crippen LogP contribution in [0, 0.1) is 0 Å². The maximum absolute atomic E-state index is 12.2. The molecule has 0 saturated carbocycles. The Morgan fingerprint density at radius 2 is 1.29 bits per heavy atom. The highest BCUT2D eigenvalue weighted by atomic mass is 16.2. The summed E-state index contributed by atoms with van der Waals surface area (Å²) in [6, 6.07) is -0.264. The molecule has 2 aliphatic heterocycles. The minimum atomic E-state index is -0.264. The zero-order valence-electron chi connectivity index (χ0n) is 17.0. The average Bonchev–Trinajstić information content (AvgIpc) is 3.03. The summed E-state index contributed by atoms with van der Waals surface area (Å²) in [6.07, 6.45) is 11.6. The van der Waals surface area contributed by atoms with Crippen LogP contribution < -0.4 is 5.32 Å². The van der Waals surface area contributed by atoms with E-state index in [1.54, 1.807) is 0 Å². The molecule has 7 nitrogen and oxygen atoms in total. The van der Waals surface area contributed by atoms with Crippen LogP contribution in [0.25, 0.3) is 0 Å². The van der Waals surface area contributed by atoms with Gasteiger partial charge in [-0.3, -0.25) is 24.2 Å². The van der Waals surface area contributed by atoms with Crippen LogP contribution in [0.3, 0.4) is 0 Å². The van der Waals surface area contributed by atoms with E-state index < -0.39 is 0 Å². The van der Waals surface area contributed by atoms with Crippen LogP contribution in [0.15, 0.2) is 0 Å². The summed E-state index contributed by atoms with van der Waals surface area (Å²) in [6.45, 7) is 1.68. The Morgan fingerprint density at radius 3 is 2.00 bits per heavy atom. The van der Waals surface area contributed by atoms with Crippen molar-refractivity contribution in [1.82, 2.24) is 15.1 Å². The van der Waals surface area contributed by atoms with Gasteiger partial charge in [-0.2, -0.15) is 0 Å². The first-order chi connectivity index (χ1) is 13.6. The molecule has 0 spiro atoms. The zero-order valence-corrected chi connectivity index (χ0v) is 17.0. The summed E-state index contributed by atoms with van der Waals surface area (Å²) in [5.74, 6) is -0.107. The fourth-order valence-corrected chi connectivity index (χ4v) is 3.80. The molecule has 2 saturated heterocycles. The zero-order chi connectivity index (χ0) is 20.2. The van der Waals surface area contributed by atoms with E-state index in [1.807, 2.05) is 0 Å². The maximum Gasteiger partial charge on any atom is 0.324 e. The molecule has 2 aliphatic rings. The predicted octanol–water partition coefficient (Wildman–Crippen LogP) is 3.37. The number of unbranched alkanes of at least 4 members (excludes halogenated alkanes) is 4. The number of carbonyl (C=O) groups excluding carboxylic acids is 4. The summed E-state index contributed by atoms with van der Waals surface area (Å²) in [4.78, 5) is 50.9. The van der Waals surface area contributed by atoms with Gasteiger partial charge in [-0.05, 0) is 38.5 Å². The minimum absolute atomic E-state index is 0.0128. The van der Waals surface area contributed by atoms with Crippen molar-refractivity contribution in [3.63, 3.8) is 0 Å². The molecule has 2 rings (SSSR count). The van der Waals surface area contributed by atoms with Gasteiger partial charge in [0, 0.05) is 38.9 Å². The molecule has 7 heteroatoms. The molecule has 0 aromatic rings. The van der Waals surface area contributed by atoms with Crippen LogP contribution in [-0.4, -0.2) is 53.2 Å². The second-order valence-electron chi connectivity index (χ2n) is 7.86. The van der Waals surface area contributed by atoms with Crippen LogP contribution in [-0.2, 0) is 14.4 Å². The third-order valence-corrected chi connectivity index (χ3v) is 5.54. The van der Waals surface area contributed by atoms with Crippen LogP contribution in [0.5, 0.6) is 0 Å². The highest BCUT2D eigenvalue weighted by Gasteiger charge is 2.23. The van der Waals surface area contributed by atoms with E-state index in [0.29, 0.717) is 38.9 Å². The number of likely N-dealkylation sites (tertiary alicyclic amines) is 2. The summed E-state index contributed by atoms with van der Waals surface area (Å²) in [7, 11) is 0. The molecule has 1 N–H and O–H groups in total. The van der Waals surface area contributed by atoms with E-state index in [9.17, 15) is 19.2 Å². The van der Waals surface area contributed by atoms with Gasteiger partial charge in [0.15, 0.2) is 0 Å². The lowest BCUT2D eigenvalue weighted by Gasteiger charge is -2.19. The second kappa shape index (κ2) is 12.5. The van der Waals surface area contributed by atoms with Crippen molar-refractivity contribution < 1.29 is 19.2 Å². The average molecular weight is 394 g/mol. The van der Waals surface area contributed by atoms with Crippen LogP contribution in [0.1, 0.15) is 89.9 Å². The Balaban J connectivity index is 1.50. The number of rotatable bonds is 8. The highest BCUT2D eigenvalue weighted by molar-refractivity contribution is 5.95. The van der Waals surface area contributed by atoms with Gasteiger partial charge in [0.05, 0.1) is 0 Å². The minimum Gasteiger partial charge on any atom is -0.338 e. The Morgan fingerprint density at radius 1 is 0.714 bits per heavy atom. The quantitative estimate of drug-likeness (QED) is 0.641. The van der Waals surface area contributed by atoms with Crippen molar-refractivity contribution in [2.75, 3.05) is 19.6 Å². The van der Waals surface area contributed by atoms with Crippen molar-refractivity contribution in [3.05, 3.63) is 0 Å². The molecule has 28 heavy (non-hydrogen) atoms. The van der Waals surface area contributed by atoms with Crippen LogP contribution in [0.2, 0.25) is 0 Å². The van der Waals surface area contributed by atoms with E-state index >= 15 is 0 Å². The van der Waals surface area contributed by atoms with E-state index in [4.69, 9.17) is 0 Å². The molecular weight excluding hydrogens is 358 g/mol. The number of carbonyl (C=O) groups is 4. The van der Waals surface area contributed by atoms with E-state index in [2.05, 4.69) is 5.32 Å². The number of hydrogen-bond acceptors (Lipinski definition) is 4. The third-order valence-electron chi connectivity index (χ3n) is 5.54. The highest BCUT2D eigenvalue weighted by Crippen LogP contribution is 2.14. The first-order valence-electron chi connectivity index (χ1n) is 11.0. The first kappa shape index (κ1) is 22.4. The molecule has 158 valence electrons. The number of nitrogens with one attached hydrogen (secondary N) is 1. The first-order valence-corrected chi connectivity index (χ1v) is 11.0. The van der Waals surface area contributed by atoms with Crippen molar-refractivity contribution in [2.24, 2.45) is 0 Å². The van der Waals surface area contributed by atoms with Crippen LogP contribution >= 0.6 is 0 Å². The fourth-order valence-electron chi connectivity index (χ4n) is 3.80. The van der Waals surface area contributed by atoms with Crippen molar-refractivity contribution in [3.8, 4) is 0 Å². The lowest BCUT2D eigenvalue weighted by molar-refractivity contribution is -0.144. The fraction of sp³-hybridized carbons (Fsp3) is 0.810. The van der Waals surface area contributed by atoms with Gasteiger partial charge in [0.25, 0.3) is 0 Å². The second-order valence-corrected chi connectivity index (χ2v) is 7.86. The Labute approximate surface area is 168 Å². The lowest BCUT2D eigenvalue weighted by atomic mass is 10.1. The smallest absolute Gasteiger partial charge is 0.324 e. The molecule has 0 radical (unpaired) electrons. The van der Waals surface area contributed by atoms with Gasteiger partial charge in [-0.1, -0.05) is 32.1 Å². The monoisotopic (exact) mass is 393 g/mol. The van der Waals surface area contributed by atoms with Gasteiger partial charge in [-0.25, -0.2) is 4.79 Å². The predicted molar refractivity (Wildman–Crippen MR) is 106 cm³/mol. The van der Waals surface area contributed by atoms with Gasteiger partial charge < -0.3 is 5.32 Å². The lowest BCUT2D eigenvalue weighted by Crippen LogP contribution is -2.43. The number of amides is 5. The molecule has 0 bridgehead atoms. The molecule has 5 amide bonds. The molecular formula is C21H35N3O4. The summed E-state index contributed by atoms with van der Waals surface area (Å²) in [5, 5.41) is 2.84. The van der Waals surface area contributed by atoms with Crippen molar-refractivity contribution in [2.45, 2.75) is 89.9 Å². The van der Waals surface area contributed by atoms with Gasteiger partial charge in [0.2, 0.25) is 17.7 Å². The largest absolute Gasteiger partial charge is 0.338 e. The number of imide groups is 2. The Bertz CT molecular complexity index is 502. The maximum atomic E-state index is 12.2. The summed E-state index contributed by atoms with van der Waals surface area (Å²) < 4.78 is 0. The third kappa shape index (κ3) is 7.60. The SMILES string of the molecule is O=C(CCCCCCCNC(=O)N1CCCCCC1=O)N1CCCCCC1=O. The molecule has 2 fully saturated rings. The topological polar surface area (TPSA) is 86.8 Å². The molecule has 0 unspecified atom stereocenters. The number of urea groups is 1. The van der Waals surface area contributed by atoms with E-state index in [-0.39, 0.29) is 23.8 Å². The van der Waals surface area contributed by atoms with E-state index in [1.165, 1.54) is 9.80 Å². The van der Waals surface area contributed by atoms with Crippen molar-refractivity contribution in [1.29, 1.82) is 0 Å². The number of hydrogen-bond donors (Lipinski definition) is 1. The summed E-state index contributed by atoms with van der Waals surface area (Å²) in [5.41, 5.74) is 0. The normalized spacial score (nSPS) is 18.6. The van der Waals surface area contributed by atoms with Gasteiger partial charge in [0.1, 0.15) is 0 Å². The standard InChI is InChI=1S/C21H35N3O4/c25-18(23-16-10-4-7-13-19(23)26)12-6-2-1-3-9-15-22-21(28)24-17-11-5-8-14-20(24)27/h1-17H2,(H,22,28). The summed E-state index contributed by atoms with van der Waals surface area (Å²) >= 11 is 0. The Hall–Kier alpha value is -1.92. The van der Waals surface area contributed by atoms with Gasteiger partial charge in [-0.15, -0.1) is 0 Å². The van der Waals surface area contributed by atoms with E-state index in [0.717, 1.165) is 70.6 Å².